The minimum atomic E-state index is 0.233. The fourth-order valence-corrected chi connectivity index (χ4v) is 6.54. The van der Waals surface area contributed by atoms with E-state index >= 15 is 0 Å². The van der Waals surface area contributed by atoms with Gasteiger partial charge in [0.15, 0.2) is 11.4 Å². The molecule has 0 spiro atoms. The molecular weight excluding hydrogens is 352 g/mol. The highest BCUT2D eigenvalue weighted by molar-refractivity contribution is 5.49. The van der Waals surface area contributed by atoms with Gasteiger partial charge in [-0.25, -0.2) is 4.57 Å². The first-order chi connectivity index (χ1) is 13.5. The molecule has 2 heteroatoms. The molecular formula is C27H41N2+. The van der Waals surface area contributed by atoms with Gasteiger partial charge in [-0.2, -0.15) is 4.57 Å². The normalized spacial score (nSPS) is 27.4. The van der Waals surface area contributed by atoms with E-state index in [1.165, 1.54) is 49.8 Å². The van der Waals surface area contributed by atoms with E-state index in [2.05, 4.69) is 95.2 Å². The van der Waals surface area contributed by atoms with Crippen molar-refractivity contribution in [2.45, 2.75) is 103 Å². The number of hydrogen-bond acceptors (Lipinski definition) is 0. The average Bonchev–Trinajstić information content (AvgIpc) is 3.16. The Kier molecular flexibility index (Phi) is 4.61. The zero-order chi connectivity index (χ0) is 21.2. The third kappa shape index (κ3) is 2.63. The van der Waals surface area contributed by atoms with Crippen LogP contribution in [0.5, 0.6) is 0 Å². The van der Waals surface area contributed by atoms with Crippen molar-refractivity contribution < 1.29 is 4.57 Å². The molecule has 158 valence electrons. The second kappa shape index (κ2) is 6.46. The van der Waals surface area contributed by atoms with Crippen LogP contribution < -0.4 is 4.57 Å². The molecule has 2 bridgehead atoms. The molecule has 4 rings (SSSR count). The Morgan fingerprint density at radius 1 is 0.966 bits per heavy atom. The zero-order valence-corrected chi connectivity index (χ0v) is 20.0. The van der Waals surface area contributed by atoms with E-state index in [0.717, 1.165) is 0 Å². The van der Waals surface area contributed by atoms with E-state index in [4.69, 9.17) is 0 Å². The molecule has 2 atom stereocenters. The van der Waals surface area contributed by atoms with Gasteiger partial charge in [-0.3, -0.25) is 0 Å². The minimum Gasteiger partial charge on any atom is -0.236 e. The van der Waals surface area contributed by atoms with Crippen molar-refractivity contribution in [3.63, 3.8) is 0 Å². The second-order valence-electron chi connectivity index (χ2n) is 11.5. The molecule has 0 saturated heterocycles. The summed E-state index contributed by atoms with van der Waals surface area (Å²) in [6.45, 7) is 17.1. The van der Waals surface area contributed by atoms with Crippen molar-refractivity contribution in [1.29, 1.82) is 0 Å². The molecule has 2 unspecified atom stereocenters. The molecule has 2 aliphatic carbocycles. The fraction of sp³-hybridized carbons (Fsp3) is 0.667. The molecule has 0 radical (unpaired) electrons. The third-order valence-corrected chi connectivity index (χ3v) is 9.37. The van der Waals surface area contributed by atoms with Gasteiger partial charge in [-0.1, -0.05) is 79.9 Å². The first-order valence-electron chi connectivity index (χ1n) is 11.7. The van der Waals surface area contributed by atoms with Crippen LogP contribution in [0, 0.1) is 5.41 Å². The summed E-state index contributed by atoms with van der Waals surface area (Å²) in [6.07, 6.45) is 10.1. The first kappa shape index (κ1) is 20.7. The number of rotatable bonds is 6. The summed E-state index contributed by atoms with van der Waals surface area (Å²) < 4.78 is 4.90. The maximum absolute atomic E-state index is 2.51. The lowest BCUT2D eigenvalue weighted by atomic mass is 9.64. The lowest BCUT2D eigenvalue weighted by Crippen LogP contribution is -2.44. The Labute approximate surface area is 178 Å². The second-order valence-corrected chi connectivity index (χ2v) is 11.5. The topological polar surface area (TPSA) is 8.81 Å². The van der Waals surface area contributed by atoms with Crippen molar-refractivity contribution in [3.05, 3.63) is 47.5 Å². The highest BCUT2D eigenvalue weighted by Crippen LogP contribution is 2.70. The Balaban J connectivity index is 1.72. The molecule has 1 heterocycles. The number of hydrogen-bond donors (Lipinski definition) is 0. The van der Waals surface area contributed by atoms with E-state index in [1.54, 1.807) is 11.4 Å². The smallest absolute Gasteiger partial charge is 0.236 e. The molecule has 2 aromatic rings. The summed E-state index contributed by atoms with van der Waals surface area (Å²) >= 11 is 0. The van der Waals surface area contributed by atoms with E-state index < -0.39 is 0 Å². The largest absolute Gasteiger partial charge is 0.249 e. The summed E-state index contributed by atoms with van der Waals surface area (Å²) in [5.41, 5.74) is 6.90. The summed E-state index contributed by atoms with van der Waals surface area (Å²) in [7, 11) is 2.24. The molecule has 29 heavy (non-hydrogen) atoms. The molecule has 1 saturated carbocycles. The number of aryl methyl sites for hydroxylation is 1. The maximum atomic E-state index is 2.51. The third-order valence-electron chi connectivity index (χ3n) is 9.37. The van der Waals surface area contributed by atoms with Gasteiger partial charge in [0.2, 0.25) is 6.33 Å². The van der Waals surface area contributed by atoms with Gasteiger partial charge < -0.3 is 0 Å². The van der Waals surface area contributed by atoms with Gasteiger partial charge in [-0.05, 0) is 47.8 Å². The van der Waals surface area contributed by atoms with E-state index in [9.17, 15) is 0 Å². The van der Waals surface area contributed by atoms with Gasteiger partial charge in [0.05, 0.1) is 7.05 Å². The Morgan fingerprint density at radius 2 is 1.59 bits per heavy atom. The van der Waals surface area contributed by atoms with Crippen LogP contribution in [0.4, 0.5) is 0 Å². The summed E-state index contributed by atoms with van der Waals surface area (Å²) in [6, 6.07) is 9.44. The Bertz CT molecular complexity index is 915. The van der Waals surface area contributed by atoms with Gasteiger partial charge >= 0.3 is 0 Å². The first-order valence-corrected chi connectivity index (χ1v) is 11.7. The van der Waals surface area contributed by atoms with Crippen molar-refractivity contribution >= 4 is 0 Å². The zero-order valence-electron chi connectivity index (χ0n) is 20.0. The summed E-state index contributed by atoms with van der Waals surface area (Å²) in [5.74, 6) is 0. The lowest BCUT2D eigenvalue weighted by Gasteiger charge is -2.38. The molecule has 1 aromatic heterocycles. The maximum Gasteiger partial charge on any atom is 0.249 e. The van der Waals surface area contributed by atoms with Crippen molar-refractivity contribution in [1.82, 2.24) is 4.57 Å². The predicted molar refractivity (Wildman–Crippen MR) is 122 cm³/mol. The molecule has 1 fully saturated rings. The van der Waals surface area contributed by atoms with Gasteiger partial charge in [0.25, 0.3) is 0 Å². The van der Waals surface area contributed by atoms with Crippen LogP contribution in [0.1, 0.15) is 104 Å². The standard InChI is InChI=1S/C27H41N2/c1-9-10-11-16-24(2,3)20-12-14-21(15-13-20)29-19-28(8)22-23(29)27(7)18-17-26(22,6)25(27,4)5/h12-15,19H,9-11,16-18H2,1-8H3/q+1. The summed E-state index contributed by atoms with van der Waals surface area (Å²) in [5, 5.41) is 0. The predicted octanol–water partition coefficient (Wildman–Crippen LogP) is 6.51. The number of unbranched alkanes of at least 4 members (excludes halogenated alkanes) is 2. The van der Waals surface area contributed by atoms with Crippen LogP contribution in [-0.4, -0.2) is 4.57 Å². The van der Waals surface area contributed by atoms with Gasteiger partial charge in [0, 0.05) is 10.8 Å². The molecule has 2 aliphatic rings. The number of imidazole rings is 1. The van der Waals surface area contributed by atoms with Crippen LogP contribution in [0.15, 0.2) is 30.6 Å². The van der Waals surface area contributed by atoms with Crippen LogP contribution in [0.2, 0.25) is 0 Å². The molecule has 1 aromatic carbocycles. The van der Waals surface area contributed by atoms with E-state index in [0.29, 0.717) is 0 Å². The van der Waals surface area contributed by atoms with Crippen LogP contribution in [0.25, 0.3) is 5.69 Å². The van der Waals surface area contributed by atoms with Crippen LogP contribution >= 0.6 is 0 Å². The fourth-order valence-electron chi connectivity index (χ4n) is 6.54. The van der Waals surface area contributed by atoms with Crippen molar-refractivity contribution in [3.8, 4) is 5.69 Å². The van der Waals surface area contributed by atoms with Crippen LogP contribution in [-0.2, 0) is 23.3 Å². The number of aromatic nitrogens is 2. The Hall–Kier alpha value is -1.57. The number of benzene rings is 1. The lowest BCUT2D eigenvalue weighted by molar-refractivity contribution is -0.682. The number of nitrogens with zero attached hydrogens (tertiary/aromatic N) is 2. The summed E-state index contributed by atoms with van der Waals surface area (Å²) in [4.78, 5) is 0. The van der Waals surface area contributed by atoms with E-state index in [-0.39, 0.29) is 21.7 Å². The molecule has 0 amide bonds. The highest BCUT2D eigenvalue weighted by atomic mass is 15.2. The SMILES string of the molecule is CCCCCC(C)(C)c1ccc(-n2c[n+](C)c3c2C2(C)CCC3(C)C2(C)C)cc1. The van der Waals surface area contributed by atoms with E-state index in [1.807, 2.05) is 0 Å². The minimum absolute atomic E-state index is 0.233. The molecule has 0 N–H and O–H groups in total. The number of fused-ring (bicyclic) bond motifs is 5. The molecule has 2 nitrogen and oxygen atoms in total. The quantitative estimate of drug-likeness (QED) is 0.391. The van der Waals surface area contributed by atoms with Gasteiger partial charge in [-0.15, -0.1) is 0 Å². The van der Waals surface area contributed by atoms with Crippen molar-refractivity contribution in [2.75, 3.05) is 0 Å². The van der Waals surface area contributed by atoms with Gasteiger partial charge in [0.1, 0.15) is 5.69 Å². The van der Waals surface area contributed by atoms with Crippen LogP contribution in [0.3, 0.4) is 0 Å². The van der Waals surface area contributed by atoms with Crippen molar-refractivity contribution in [2.24, 2.45) is 12.5 Å². The molecule has 0 aliphatic heterocycles. The monoisotopic (exact) mass is 393 g/mol. The highest BCUT2D eigenvalue weighted by Gasteiger charge is 2.71. The average molecular weight is 394 g/mol. The Morgan fingerprint density at radius 3 is 2.21 bits per heavy atom.